The molecule has 1 amide bonds. The third-order valence-electron chi connectivity index (χ3n) is 5.43. The highest BCUT2D eigenvalue weighted by Crippen LogP contribution is 2.32. The molecular formula is C23H23F2N5O3S. The Morgan fingerprint density at radius 1 is 1.15 bits per heavy atom. The number of amides is 1. The maximum atomic E-state index is 13.6. The van der Waals surface area contributed by atoms with Crippen molar-refractivity contribution in [1.82, 2.24) is 19.1 Å². The molecule has 1 saturated heterocycles. The van der Waals surface area contributed by atoms with Gasteiger partial charge in [-0.05, 0) is 43.7 Å². The van der Waals surface area contributed by atoms with Gasteiger partial charge in [0, 0.05) is 24.7 Å². The second-order valence-corrected chi connectivity index (χ2v) is 10.2. The Morgan fingerprint density at radius 3 is 2.47 bits per heavy atom. The van der Waals surface area contributed by atoms with E-state index in [2.05, 4.69) is 10.1 Å². The molecule has 8 nitrogen and oxygen atoms in total. The summed E-state index contributed by atoms with van der Waals surface area (Å²) in [6.45, 7) is 2.77. The van der Waals surface area contributed by atoms with E-state index in [0.717, 1.165) is 21.0 Å². The van der Waals surface area contributed by atoms with E-state index in [4.69, 9.17) is 5.73 Å². The zero-order valence-corrected chi connectivity index (χ0v) is 19.4. The molecular weight excluding hydrogens is 464 g/mol. The second-order valence-electron chi connectivity index (χ2n) is 8.30. The number of nitrogens with two attached hydrogens (primary N) is 1. The molecule has 2 N–H and O–H groups in total. The smallest absolute Gasteiger partial charge is 0.262 e. The van der Waals surface area contributed by atoms with Crippen molar-refractivity contribution in [3.63, 3.8) is 0 Å². The van der Waals surface area contributed by atoms with Crippen LogP contribution >= 0.6 is 0 Å². The maximum absolute atomic E-state index is 13.6. The van der Waals surface area contributed by atoms with Crippen molar-refractivity contribution < 1.29 is 22.0 Å². The molecule has 11 heteroatoms. The summed E-state index contributed by atoms with van der Waals surface area (Å²) in [6.07, 6.45) is 2.22. The summed E-state index contributed by atoms with van der Waals surface area (Å²) in [5, 5.41) is 4.37. The van der Waals surface area contributed by atoms with E-state index in [-0.39, 0.29) is 22.6 Å². The number of halogens is 2. The Kier molecular flexibility index (Phi) is 6.09. The summed E-state index contributed by atoms with van der Waals surface area (Å²) in [5.41, 5.74) is 8.67. The molecule has 2 aromatic carbocycles. The van der Waals surface area contributed by atoms with Crippen molar-refractivity contribution in [2.75, 3.05) is 13.1 Å². The van der Waals surface area contributed by atoms with Crippen LogP contribution in [0, 0.1) is 13.8 Å². The van der Waals surface area contributed by atoms with Crippen LogP contribution in [0.2, 0.25) is 0 Å². The first-order chi connectivity index (χ1) is 15.9. The van der Waals surface area contributed by atoms with Crippen molar-refractivity contribution in [2.45, 2.75) is 31.1 Å². The van der Waals surface area contributed by atoms with E-state index in [9.17, 15) is 22.0 Å². The van der Waals surface area contributed by atoms with E-state index in [1.165, 1.54) is 41.5 Å². The predicted octanol–water partition coefficient (Wildman–Crippen LogP) is 3.08. The van der Waals surface area contributed by atoms with Crippen molar-refractivity contribution >= 4 is 27.7 Å². The predicted molar refractivity (Wildman–Crippen MR) is 123 cm³/mol. The molecule has 0 unspecified atom stereocenters. The van der Waals surface area contributed by atoms with Gasteiger partial charge in [-0.3, -0.25) is 4.79 Å². The van der Waals surface area contributed by atoms with Gasteiger partial charge in [-0.25, -0.2) is 26.9 Å². The number of benzene rings is 2. The normalized spacial score (nSPS) is 16.6. The standard InChI is InChI=1S/C23H23F2N5O3S/c1-15-8-16(2)10-18(9-15)22-27-14-29(28-22)12-20(21(26)31)17-4-3-5-19(11-17)34(32,33)30-7-6-23(24,25)13-30/h3-5,8-12,14H,6-7,13H2,1-2H3,(H2,26,31)/b20-12+. The summed E-state index contributed by atoms with van der Waals surface area (Å²) in [6, 6.07) is 11.4. The van der Waals surface area contributed by atoms with Crippen LogP contribution in [0.25, 0.3) is 23.2 Å². The number of aromatic nitrogens is 3. The fourth-order valence-corrected chi connectivity index (χ4v) is 5.38. The molecule has 0 spiro atoms. The molecule has 178 valence electrons. The zero-order valence-electron chi connectivity index (χ0n) is 18.6. The molecule has 1 aliphatic rings. The topological polar surface area (TPSA) is 111 Å². The Labute approximate surface area is 195 Å². The Morgan fingerprint density at radius 2 is 1.85 bits per heavy atom. The summed E-state index contributed by atoms with van der Waals surface area (Å²) < 4.78 is 54.9. The lowest BCUT2D eigenvalue weighted by Gasteiger charge is -2.17. The van der Waals surface area contributed by atoms with Gasteiger partial charge in [0.2, 0.25) is 10.0 Å². The fourth-order valence-electron chi connectivity index (χ4n) is 3.87. The van der Waals surface area contributed by atoms with Crippen LogP contribution in [0.4, 0.5) is 8.78 Å². The average molecular weight is 488 g/mol. The SMILES string of the molecule is Cc1cc(C)cc(-c2ncn(/C=C(/C(N)=O)c3cccc(S(=O)(=O)N4CCC(F)(F)C4)c3)n2)c1. The van der Waals surface area contributed by atoms with Crippen molar-refractivity contribution in [2.24, 2.45) is 5.73 Å². The minimum absolute atomic E-state index is 0.0133. The lowest BCUT2D eigenvalue weighted by molar-refractivity contribution is -0.112. The number of sulfonamides is 1. The molecule has 34 heavy (non-hydrogen) atoms. The first-order valence-electron chi connectivity index (χ1n) is 10.4. The van der Waals surface area contributed by atoms with Gasteiger partial charge in [-0.2, -0.15) is 4.31 Å². The monoisotopic (exact) mass is 487 g/mol. The molecule has 3 aromatic rings. The van der Waals surface area contributed by atoms with Gasteiger partial charge >= 0.3 is 0 Å². The van der Waals surface area contributed by atoms with Crippen LogP contribution in [0.1, 0.15) is 23.1 Å². The minimum atomic E-state index is -4.17. The average Bonchev–Trinajstić information content (AvgIpc) is 3.37. The number of rotatable bonds is 6. The summed E-state index contributed by atoms with van der Waals surface area (Å²) in [7, 11) is -4.17. The van der Waals surface area contributed by atoms with Crippen LogP contribution in [-0.4, -0.2) is 52.4 Å². The number of aryl methyl sites for hydroxylation is 2. The third kappa shape index (κ3) is 4.90. The first kappa shape index (κ1) is 23.7. The van der Waals surface area contributed by atoms with E-state index in [1.807, 2.05) is 32.0 Å². The first-order valence-corrected chi connectivity index (χ1v) is 11.9. The highest BCUT2D eigenvalue weighted by atomic mass is 32.2. The molecule has 0 radical (unpaired) electrons. The zero-order chi connectivity index (χ0) is 24.7. The fraction of sp³-hybridized carbons (Fsp3) is 0.261. The Balaban J connectivity index is 1.68. The lowest BCUT2D eigenvalue weighted by Crippen LogP contribution is -2.31. The molecule has 1 aromatic heterocycles. The lowest BCUT2D eigenvalue weighted by atomic mass is 10.1. The minimum Gasteiger partial charge on any atom is -0.366 e. The molecule has 0 bridgehead atoms. The molecule has 1 aliphatic heterocycles. The number of nitrogens with zero attached hydrogens (tertiary/aromatic N) is 4. The van der Waals surface area contributed by atoms with E-state index >= 15 is 0 Å². The van der Waals surface area contributed by atoms with Gasteiger partial charge in [0.15, 0.2) is 5.82 Å². The van der Waals surface area contributed by atoms with Crippen LogP contribution in [-0.2, 0) is 14.8 Å². The van der Waals surface area contributed by atoms with Gasteiger partial charge in [0.05, 0.1) is 17.0 Å². The number of hydrogen-bond acceptors (Lipinski definition) is 5. The molecule has 2 heterocycles. The van der Waals surface area contributed by atoms with Gasteiger partial charge < -0.3 is 5.73 Å². The van der Waals surface area contributed by atoms with E-state index in [1.54, 1.807) is 0 Å². The molecule has 0 atom stereocenters. The van der Waals surface area contributed by atoms with Crippen LogP contribution in [0.3, 0.4) is 0 Å². The van der Waals surface area contributed by atoms with Gasteiger partial charge in [-0.15, -0.1) is 5.10 Å². The maximum Gasteiger partial charge on any atom is 0.262 e. The molecule has 0 aliphatic carbocycles. The summed E-state index contributed by atoms with van der Waals surface area (Å²) in [5.74, 6) is -3.44. The Hall–Kier alpha value is -3.44. The quantitative estimate of drug-likeness (QED) is 0.537. The largest absolute Gasteiger partial charge is 0.366 e. The van der Waals surface area contributed by atoms with Crippen molar-refractivity contribution in [3.8, 4) is 11.4 Å². The van der Waals surface area contributed by atoms with Crippen molar-refractivity contribution in [1.29, 1.82) is 0 Å². The van der Waals surface area contributed by atoms with E-state index < -0.39 is 34.8 Å². The van der Waals surface area contributed by atoms with Crippen LogP contribution < -0.4 is 5.73 Å². The third-order valence-corrected chi connectivity index (χ3v) is 7.27. The number of alkyl halides is 2. The van der Waals surface area contributed by atoms with Gasteiger partial charge in [-0.1, -0.05) is 29.3 Å². The van der Waals surface area contributed by atoms with Crippen LogP contribution in [0.5, 0.6) is 0 Å². The van der Waals surface area contributed by atoms with Crippen LogP contribution in [0.15, 0.2) is 53.7 Å². The Bertz CT molecular complexity index is 1380. The summed E-state index contributed by atoms with van der Waals surface area (Å²) in [4.78, 5) is 16.3. The van der Waals surface area contributed by atoms with Gasteiger partial charge in [0.1, 0.15) is 6.33 Å². The molecule has 4 rings (SSSR count). The van der Waals surface area contributed by atoms with Gasteiger partial charge in [0.25, 0.3) is 11.8 Å². The number of hydrogen-bond donors (Lipinski definition) is 1. The highest BCUT2D eigenvalue weighted by molar-refractivity contribution is 7.89. The number of primary amides is 1. The summed E-state index contributed by atoms with van der Waals surface area (Å²) >= 11 is 0. The van der Waals surface area contributed by atoms with E-state index in [0.29, 0.717) is 5.82 Å². The second kappa shape index (κ2) is 8.73. The number of carbonyl (C=O) groups is 1. The van der Waals surface area contributed by atoms with Crippen molar-refractivity contribution in [3.05, 3.63) is 65.5 Å². The number of carbonyl (C=O) groups excluding carboxylic acids is 1. The molecule has 0 saturated carbocycles. The highest BCUT2D eigenvalue weighted by Gasteiger charge is 2.43. The molecule has 1 fully saturated rings.